The number of rotatable bonds is 4. The van der Waals surface area contributed by atoms with Crippen LogP contribution in [0.15, 0.2) is 24.3 Å². The second kappa shape index (κ2) is 6.83. The third-order valence-corrected chi connectivity index (χ3v) is 3.79. The summed E-state index contributed by atoms with van der Waals surface area (Å²) in [6.07, 6.45) is 0. The number of carbonyl (C=O) groups is 1. The van der Waals surface area contributed by atoms with Gasteiger partial charge in [-0.1, -0.05) is 12.1 Å². The van der Waals surface area contributed by atoms with E-state index in [-0.39, 0.29) is 5.91 Å². The van der Waals surface area contributed by atoms with E-state index in [2.05, 4.69) is 11.8 Å². The van der Waals surface area contributed by atoms with Crippen LogP contribution in [-0.4, -0.2) is 56.3 Å². The number of hydroxylamine groups is 2. The molecule has 110 valence electrons. The molecule has 1 aromatic rings. The van der Waals surface area contributed by atoms with E-state index in [0.717, 1.165) is 26.3 Å². The maximum Gasteiger partial charge on any atom is 0.277 e. The number of hydrogen-bond acceptors (Lipinski definition) is 4. The van der Waals surface area contributed by atoms with Gasteiger partial charge in [0.05, 0.1) is 20.3 Å². The summed E-state index contributed by atoms with van der Waals surface area (Å²) in [6, 6.07) is 8.06. The van der Waals surface area contributed by atoms with E-state index in [1.54, 1.807) is 7.05 Å². The van der Waals surface area contributed by atoms with E-state index in [1.807, 2.05) is 24.3 Å². The van der Waals surface area contributed by atoms with Crippen molar-refractivity contribution in [2.45, 2.75) is 13.0 Å². The molecule has 1 aromatic carbocycles. The molecule has 0 radical (unpaired) electrons. The van der Waals surface area contributed by atoms with E-state index in [4.69, 9.17) is 9.57 Å². The molecule has 1 aliphatic rings. The van der Waals surface area contributed by atoms with Gasteiger partial charge in [0.2, 0.25) is 0 Å². The van der Waals surface area contributed by atoms with Gasteiger partial charge in [-0.3, -0.25) is 14.5 Å². The van der Waals surface area contributed by atoms with Crippen LogP contribution in [0.3, 0.4) is 0 Å². The van der Waals surface area contributed by atoms with Crippen LogP contribution >= 0.6 is 0 Å². The molecular formula is C15H22N2O3. The Morgan fingerprint density at radius 3 is 2.45 bits per heavy atom. The average molecular weight is 278 g/mol. The van der Waals surface area contributed by atoms with Gasteiger partial charge in [0.15, 0.2) is 0 Å². The van der Waals surface area contributed by atoms with Gasteiger partial charge >= 0.3 is 0 Å². The molecule has 5 nitrogen and oxygen atoms in total. The molecule has 2 rings (SSSR count). The highest BCUT2D eigenvalue weighted by Gasteiger charge is 2.19. The van der Waals surface area contributed by atoms with Crippen molar-refractivity contribution in [1.29, 1.82) is 0 Å². The zero-order valence-electron chi connectivity index (χ0n) is 12.3. The zero-order valence-corrected chi connectivity index (χ0v) is 12.3. The molecule has 0 N–H and O–H groups in total. The summed E-state index contributed by atoms with van der Waals surface area (Å²) in [5.74, 6) is -0.141. The van der Waals surface area contributed by atoms with Crippen molar-refractivity contribution < 1.29 is 14.4 Å². The van der Waals surface area contributed by atoms with E-state index < -0.39 is 0 Å². The van der Waals surface area contributed by atoms with Crippen LogP contribution in [0.5, 0.6) is 0 Å². The first kappa shape index (κ1) is 15.0. The lowest BCUT2D eigenvalue weighted by atomic mass is 10.0. The van der Waals surface area contributed by atoms with Crippen LogP contribution in [0.1, 0.15) is 28.9 Å². The number of nitrogens with zero attached hydrogens (tertiary/aromatic N) is 2. The summed E-state index contributed by atoms with van der Waals surface area (Å²) in [7, 11) is 3.08. The largest absolute Gasteiger partial charge is 0.379 e. The van der Waals surface area contributed by atoms with Crippen LogP contribution < -0.4 is 0 Å². The molecule has 1 aliphatic heterocycles. The lowest BCUT2D eigenvalue weighted by molar-refractivity contribution is -0.0757. The van der Waals surface area contributed by atoms with Crippen molar-refractivity contribution in [1.82, 2.24) is 9.96 Å². The normalized spacial score (nSPS) is 17.8. The molecule has 20 heavy (non-hydrogen) atoms. The summed E-state index contributed by atoms with van der Waals surface area (Å²) < 4.78 is 5.37. The Kier molecular flexibility index (Phi) is 5.11. The van der Waals surface area contributed by atoms with Crippen LogP contribution in [-0.2, 0) is 9.57 Å². The van der Waals surface area contributed by atoms with Gasteiger partial charge in [-0.25, -0.2) is 5.06 Å². The molecule has 0 aliphatic carbocycles. The van der Waals surface area contributed by atoms with Crippen LogP contribution in [0.25, 0.3) is 0 Å². The first-order valence-electron chi connectivity index (χ1n) is 6.87. The van der Waals surface area contributed by atoms with Gasteiger partial charge < -0.3 is 4.74 Å². The van der Waals surface area contributed by atoms with E-state index in [1.165, 1.54) is 17.7 Å². The Bertz CT molecular complexity index is 441. The predicted molar refractivity (Wildman–Crippen MR) is 76.4 cm³/mol. The predicted octanol–water partition coefficient (Wildman–Crippen LogP) is 1.71. The Balaban J connectivity index is 2.05. The maximum absolute atomic E-state index is 11.9. The van der Waals surface area contributed by atoms with Crippen LogP contribution in [0.4, 0.5) is 0 Å². The Hall–Kier alpha value is -1.43. The van der Waals surface area contributed by atoms with Gasteiger partial charge in [0.1, 0.15) is 0 Å². The van der Waals surface area contributed by atoms with Gasteiger partial charge in [-0.05, 0) is 24.6 Å². The summed E-state index contributed by atoms with van der Waals surface area (Å²) >= 11 is 0. The molecule has 1 saturated heterocycles. The second-order valence-electron chi connectivity index (χ2n) is 4.93. The zero-order chi connectivity index (χ0) is 14.5. The molecule has 0 aromatic heterocycles. The Morgan fingerprint density at radius 1 is 1.30 bits per heavy atom. The number of carbonyl (C=O) groups excluding carboxylic acids is 1. The molecule has 1 amide bonds. The fourth-order valence-corrected chi connectivity index (χ4v) is 2.34. The lowest BCUT2D eigenvalue weighted by Crippen LogP contribution is -2.38. The molecular weight excluding hydrogens is 256 g/mol. The molecule has 1 unspecified atom stereocenters. The van der Waals surface area contributed by atoms with E-state index >= 15 is 0 Å². The number of benzene rings is 1. The molecule has 0 bridgehead atoms. The fourth-order valence-electron chi connectivity index (χ4n) is 2.34. The maximum atomic E-state index is 11.9. The van der Waals surface area contributed by atoms with Crippen molar-refractivity contribution in [3.8, 4) is 0 Å². The van der Waals surface area contributed by atoms with Gasteiger partial charge in [0.25, 0.3) is 5.91 Å². The molecule has 1 fully saturated rings. The highest BCUT2D eigenvalue weighted by atomic mass is 16.7. The molecule has 5 heteroatoms. The molecule has 0 saturated carbocycles. The average Bonchev–Trinajstić information content (AvgIpc) is 2.53. The van der Waals surface area contributed by atoms with E-state index in [9.17, 15) is 4.79 Å². The highest BCUT2D eigenvalue weighted by Crippen LogP contribution is 2.21. The SMILES string of the molecule is CON(C)C(=O)c1ccc(C(C)N2CCOCC2)cc1. The minimum absolute atomic E-state index is 0.141. The number of ether oxygens (including phenoxy) is 1. The fraction of sp³-hybridized carbons (Fsp3) is 0.533. The first-order valence-corrected chi connectivity index (χ1v) is 6.87. The topological polar surface area (TPSA) is 42.0 Å². The quantitative estimate of drug-likeness (QED) is 0.786. The first-order chi connectivity index (χ1) is 9.63. The van der Waals surface area contributed by atoms with Crippen molar-refractivity contribution >= 4 is 5.91 Å². The molecule has 1 heterocycles. The number of hydrogen-bond donors (Lipinski definition) is 0. The van der Waals surface area contributed by atoms with Crippen molar-refractivity contribution in [2.24, 2.45) is 0 Å². The highest BCUT2D eigenvalue weighted by molar-refractivity contribution is 5.93. The minimum Gasteiger partial charge on any atom is -0.379 e. The van der Waals surface area contributed by atoms with Crippen LogP contribution in [0, 0.1) is 0 Å². The van der Waals surface area contributed by atoms with Gasteiger partial charge in [-0.2, -0.15) is 0 Å². The number of morpholine rings is 1. The summed E-state index contributed by atoms with van der Waals surface area (Å²) in [4.78, 5) is 19.2. The Morgan fingerprint density at radius 2 is 1.90 bits per heavy atom. The summed E-state index contributed by atoms with van der Waals surface area (Å²) in [5.41, 5.74) is 1.84. The molecule has 1 atom stereocenters. The van der Waals surface area contributed by atoms with Crippen LogP contribution in [0.2, 0.25) is 0 Å². The second-order valence-corrected chi connectivity index (χ2v) is 4.93. The summed E-state index contributed by atoms with van der Waals surface area (Å²) in [6.45, 7) is 5.67. The smallest absolute Gasteiger partial charge is 0.277 e. The van der Waals surface area contributed by atoms with Gasteiger partial charge in [0, 0.05) is 31.7 Å². The van der Waals surface area contributed by atoms with Gasteiger partial charge in [-0.15, -0.1) is 0 Å². The summed E-state index contributed by atoms with van der Waals surface area (Å²) in [5, 5.41) is 1.22. The third-order valence-electron chi connectivity index (χ3n) is 3.79. The van der Waals surface area contributed by atoms with E-state index in [0.29, 0.717) is 11.6 Å². The minimum atomic E-state index is -0.141. The monoisotopic (exact) mass is 278 g/mol. The third kappa shape index (κ3) is 3.36. The molecule has 0 spiro atoms. The lowest BCUT2D eigenvalue weighted by Gasteiger charge is -2.32. The van der Waals surface area contributed by atoms with Crippen molar-refractivity contribution in [3.05, 3.63) is 35.4 Å². The standard InChI is InChI=1S/C15H22N2O3/c1-12(17-8-10-20-11-9-17)13-4-6-14(7-5-13)15(18)16(2)19-3/h4-7,12H,8-11H2,1-3H3. The number of amides is 1. The van der Waals surface area contributed by atoms with Crippen molar-refractivity contribution in [3.63, 3.8) is 0 Å². The van der Waals surface area contributed by atoms with Crippen molar-refractivity contribution in [2.75, 3.05) is 40.5 Å². The Labute approximate surface area is 120 Å².